The van der Waals surface area contributed by atoms with Crippen LogP contribution in [0.1, 0.15) is 51.5 Å². The Morgan fingerprint density at radius 1 is 1.22 bits per heavy atom. The lowest BCUT2D eigenvalue weighted by atomic mass is 9.75. The van der Waals surface area contributed by atoms with Gasteiger partial charge in [-0.3, -0.25) is 9.59 Å². The van der Waals surface area contributed by atoms with Crippen molar-refractivity contribution in [2.24, 2.45) is 11.8 Å². The molecule has 1 aromatic rings. The maximum atomic E-state index is 12.2. The highest BCUT2D eigenvalue weighted by molar-refractivity contribution is 6.57. The summed E-state index contributed by atoms with van der Waals surface area (Å²) in [6.45, 7) is 3.70. The van der Waals surface area contributed by atoms with Gasteiger partial charge in [0.15, 0.2) is 5.81 Å². The SMILES string of the molecule is [B]C(=O)N1[C@H](Cc2ccccc2)[C@@H](CC2CCCC[C@@H]2C(=O)O)OC1(C)C. The van der Waals surface area contributed by atoms with Crippen LogP contribution in [-0.2, 0) is 16.0 Å². The predicted octanol–water partition coefficient (Wildman–Crippen LogP) is 3.60. The molecule has 5 nitrogen and oxygen atoms in total. The molecule has 3 rings (SSSR count). The number of carbonyl (C=O) groups is 2. The number of rotatable bonds is 5. The van der Waals surface area contributed by atoms with Gasteiger partial charge < -0.3 is 14.7 Å². The van der Waals surface area contributed by atoms with E-state index in [0.717, 1.165) is 31.2 Å². The zero-order chi connectivity index (χ0) is 19.6. The fraction of sp³-hybridized carbons (Fsp3) is 0.619. The van der Waals surface area contributed by atoms with Gasteiger partial charge in [0.1, 0.15) is 5.72 Å². The Morgan fingerprint density at radius 3 is 2.52 bits per heavy atom. The first-order valence-electron chi connectivity index (χ1n) is 9.83. The number of amides is 1. The summed E-state index contributed by atoms with van der Waals surface area (Å²) in [6.07, 6.45) is 4.69. The van der Waals surface area contributed by atoms with E-state index in [1.807, 2.05) is 44.2 Å². The summed E-state index contributed by atoms with van der Waals surface area (Å²) >= 11 is 0. The van der Waals surface area contributed by atoms with Gasteiger partial charge in [-0.05, 0) is 51.0 Å². The van der Waals surface area contributed by atoms with Gasteiger partial charge in [0.2, 0.25) is 7.85 Å². The summed E-state index contributed by atoms with van der Waals surface area (Å²) in [7, 11) is 5.70. The molecule has 0 aromatic heterocycles. The highest BCUT2D eigenvalue weighted by atomic mass is 16.5. The standard InChI is InChI=1S/C21H28BNO4/c1-21(2)23(20(22)26)17(12-14-8-4-3-5-9-14)18(27-21)13-15-10-6-7-11-16(15)19(24)25/h3-5,8-9,15-18H,6-7,10-13H2,1-2H3,(H,24,25)/t15?,16-,17+,18+/m0/s1. The van der Waals surface area contributed by atoms with Crippen molar-refractivity contribution < 1.29 is 19.4 Å². The van der Waals surface area contributed by atoms with E-state index in [2.05, 4.69) is 0 Å². The first-order valence-corrected chi connectivity index (χ1v) is 9.83. The van der Waals surface area contributed by atoms with Crippen molar-refractivity contribution in [3.63, 3.8) is 0 Å². The Kier molecular flexibility index (Phi) is 5.94. The van der Waals surface area contributed by atoms with E-state index in [-0.39, 0.29) is 24.0 Å². The zero-order valence-corrected chi connectivity index (χ0v) is 16.1. The molecule has 2 aliphatic rings. The second-order valence-corrected chi connectivity index (χ2v) is 8.29. The van der Waals surface area contributed by atoms with Crippen molar-refractivity contribution >= 4 is 19.6 Å². The molecule has 1 unspecified atom stereocenters. The van der Waals surface area contributed by atoms with E-state index < -0.39 is 17.5 Å². The lowest BCUT2D eigenvalue weighted by Crippen LogP contribution is -2.49. The Morgan fingerprint density at radius 2 is 1.89 bits per heavy atom. The van der Waals surface area contributed by atoms with Crippen LogP contribution >= 0.6 is 0 Å². The van der Waals surface area contributed by atoms with Crippen molar-refractivity contribution in [3.8, 4) is 0 Å². The largest absolute Gasteiger partial charge is 0.481 e. The normalized spacial score (nSPS) is 30.2. The molecular formula is C21H28BNO4. The zero-order valence-electron chi connectivity index (χ0n) is 16.1. The third-order valence-corrected chi connectivity index (χ3v) is 6.07. The highest BCUT2D eigenvalue weighted by Crippen LogP contribution is 2.41. The Balaban J connectivity index is 1.84. The maximum absolute atomic E-state index is 12.2. The van der Waals surface area contributed by atoms with Crippen LogP contribution in [0.3, 0.4) is 0 Å². The van der Waals surface area contributed by atoms with E-state index in [9.17, 15) is 14.7 Å². The lowest BCUT2D eigenvalue weighted by molar-refractivity contribution is -0.145. The van der Waals surface area contributed by atoms with Gasteiger partial charge in [-0.15, -0.1) is 0 Å². The van der Waals surface area contributed by atoms with Crippen LogP contribution in [0.4, 0.5) is 4.79 Å². The van der Waals surface area contributed by atoms with Gasteiger partial charge in [-0.25, -0.2) is 0 Å². The highest BCUT2D eigenvalue weighted by Gasteiger charge is 2.49. The molecule has 4 atom stereocenters. The van der Waals surface area contributed by atoms with E-state index in [1.54, 1.807) is 4.90 Å². The number of benzene rings is 1. The molecule has 1 N–H and O–H groups in total. The fourth-order valence-electron chi connectivity index (χ4n) is 4.90. The van der Waals surface area contributed by atoms with E-state index in [4.69, 9.17) is 12.6 Å². The van der Waals surface area contributed by atoms with Crippen LogP contribution in [0, 0.1) is 11.8 Å². The van der Waals surface area contributed by atoms with Crippen LogP contribution in [0.5, 0.6) is 0 Å². The van der Waals surface area contributed by atoms with Gasteiger partial charge in [-0.2, -0.15) is 0 Å². The molecule has 2 fully saturated rings. The van der Waals surface area contributed by atoms with E-state index in [0.29, 0.717) is 12.8 Å². The molecule has 6 heteroatoms. The van der Waals surface area contributed by atoms with Crippen LogP contribution in [0.2, 0.25) is 0 Å². The Bertz CT molecular complexity index is 678. The quantitative estimate of drug-likeness (QED) is 0.806. The Hall–Kier alpha value is -1.82. The van der Waals surface area contributed by atoms with Gasteiger partial charge in [0.25, 0.3) is 0 Å². The van der Waals surface area contributed by atoms with Crippen molar-refractivity contribution in [2.75, 3.05) is 0 Å². The average molecular weight is 369 g/mol. The topological polar surface area (TPSA) is 66.8 Å². The Labute approximate surface area is 162 Å². The molecule has 1 heterocycles. The smallest absolute Gasteiger partial charge is 0.306 e. The summed E-state index contributed by atoms with van der Waals surface area (Å²) < 4.78 is 6.27. The number of ether oxygens (including phenoxy) is 1. The van der Waals surface area contributed by atoms with Crippen molar-refractivity contribution in [1.29, 1.82) is 0 Å². The van der Waals surface area contributed by atoms with Crippen LogP contribution in [0.25, 0.3) is 0 Å². The summed E-state index contributed by atoms with van der Waals surface area (Å²) in [5, 5.41) is 9.60. The summed E-state index contributed by atoms with van der Waals surface area (Å²) in [5.74, 6) is -1.47. The number of aliphatic carboxylic acids is 1. The van der Waals surface area contributed by atoms with Gasteiger partial charge in [0, 0.05) is 0 Å². The number of carbonyl (C=O) groups excluding carboxylic acids is 1. The fourth-order valence-corrected chi connectivity index (χ4v) is 4.90. The molecule has 1 saturated heterocycles. The van der Waals surface area contributed by atoms with E-state index >= 15 is 0 Å². The molecule has 0 bridgehead atoms. The minimum Gasteiger partial charge on any atom is -0.481 e. The molecule has 1 saturated carbocycles. The molecule has 27 heavy (non-hydrogen) atoms. The molecule has 2 radical (unpaired) electrons. The number of nitrogens with zero attached hydrogens (tertiary/aromatic N) is 1. The maximum Gasteiger partial charge on any atom is 0.306 e. The van der Waals surface area contributed by atoms with Gasteiger partial charge in [-0.1, -0.05) is 43.2 Å². The van der Waals surface area contributed by atoms with Gasteiger partial charge >= 0.3 is 5.97 Å². The molecule has 144 valence electrons. The first kappa shape index (κ1) is 19.9. The molecular weight excluding hydrogens is 341 g/mol. The summed E-state index contributed by atoms with van der Waals surface area (Å²) in [5.41, 5.74) is 0.307. The number of carboxylic acids is 1. The second kappa shape index (κ2) is 8.05. The second-order valence-electron chi connectivity index (χ2n) is 8.29. The third kappa shape index (κ3) is 4.37. The van der Waals surface area contributed by atoms with Crippen LogP contribution in [-0.4, -0.2) is 47.5 Å². The monoisotopic (exact) mass is 369 g/mol. The lowest BCUT2D eigenvalue weighted by Gasteiger charge is -2.34. The van der Waals surface area contributed by atoms with Crippen LogP contribution < -0.4 is 0 Å². The number of carboxylic acid groups (broad SMARTS) is 1. The minimum absolute atomic E-state index is 0.0724. The average Bonchev–Trinajstić information content (AvgIpc) is 2.85. The van der Waals surface area contributed by atoms with Crippen LogP contribution in [0.15, 0.2) is 30.3 Å². The summed E-state index contributed by atoms with van der Waals surface area (Å²) in [4.78, 5) is 25.5. The summed E-state index contributed by atoms with van der Waals surface area (Å²) in [6, 6.07) is 9.77. The minimum atomic E-state index is -0.802. The molecule has 1 aliphatic heterocycles. The van der Waals surface area contributed by atoms with Crippen molar-refractivity contribution in [3.05, 3.63) is 35.9 Å². The molecule has 1 amide bonds. The molecule has 0 spiro atoms. The van der Waals surface area contributed by atoms with Gasteiger partial charge in [0.05, 0.1) is 18.1 Å². The number of hydrogen-bond acceptors (Lipinski definition) is 3. The molecule has 1 aromatic carbocycles. The predicted molar refractivity (Wildman–Crippen MR) is 104 cm³/mol. The number of hydrogen-bond donors (Lipinski definition) is 1. The van der Waals surface area contributed by atoms with Crippen molar-refractivity contribution in [2.45, 2.75) is 70.2 Å². The van der Waals surface area contributed by atoms with E-state index in [1.165, 1.54) is 0 Å². The third-order valence-electron chi connectivity index (χ3n) is 6.07. The molecule has 1 aliphatic carbocycles. The first-order chi connectivity index (χ1) is 12.8. The van der Waals surface area contributed by atoms with Crippen molar-refractivity contribution in [1.82, 2.24) is 4.90 Å².